The van der Waals surface area contributed by atoms with Crippen LogP contribution >= 0.6 is 11.8 Å². The molecule has 6 nitrogen and oxygen atoms in total. The van der Waals surface area contributed by atoms with Crippen LogP contribution in [0, 0.1) is 0 Å². The van der Waals surface area contributed by atoms with Crippen LogP contribution in [0.15, 0.2) is 70.6 Å². The number of nitrogens with zero attached hydrogens (tertiary/aromatic N) is 3. The van der Waals surface area contributed by atoms with E-state index in [4.69, 9.17) is 0 Å². The highest BCUT2D eigenvalue weighted by atomic mass is 32.2. The molecule has 1 aromatic heterocycles. The van der Waals surface area contributed by atoms with Gasteiger partial charge in [0.15, 0.2) is 5.16 Å². The molecule has 3 aromatic rings. The molecule has 0 fully saturated rings. The molecule has 1 unspecified atom stereocenters. The zero-order valence-electron chi connectivity index (χ0n) is 14.6. The standard InChI is InChI=1S/C19H20N4O2S/c1-22(2)17(24)16(15-11-7-4-8-12-15)26-19-21-20-18(25)23(19)13-14-9-5-3-6-10-14/h3-12,16H,13H2,1-2H3,(H,20,25). The third kappa shape index (κ3) is 4.05. The fraction of sp³-hybridized carbons (Fsp3) is 0.211. The third-order valence-corrected chi connectivity index (χ3v) is 5.13. The lowest BCUT2D eigenvalue weighted by molar-refractivity contribution is -0.128. The van der Waals surface area contributed by atoms with Crippen LogP contribution in [-0.2, 0) is 11.3 Å². The van der Waals surface area contributed by atoms with Crippen molar-refractivity contribution in [3.63, 3.8) is 0 Å². The van der Waals surface area contributed by atoms with Crippen molar-refractivity contribution in [3.8, 4) is 0 Å². The van der Waals surface area contributed by atoms with Crippen LogP contribution in [0.5, 0.6) is 0 Å². The molecule has 26 heavy (non-hydrogen) atoms. The number of H-pyrrole nitrogens is 1. The SMILES string of the molecule is CN(C)C(=O)C(Sc1n[nH]c(=O)n1Cc1ccccc1)c1ccccc1. The number of carbonyl (C=O) groups excluding carboxylic acids is 1. The number of carbonyl (C=O) groups is 1. The Morgan fingerprint density at radius 1 is 1.12 bits per heavy atom. The third-order valence-electron chi connectivity index (χ3n) is 3.90. The van der Waals surface area contributed by atoms with Gasteiger partial charge < -0.3 is 4.90 Å². The number of nitrogens with one attached hydrogen (secondary N) is 1. The fourth-order valence-corrected chi connectivity index (χ4v) is 3.72. The summed E-state index contributed by atoms with van der Waals surface area (Å²) in [5, 5.41) is 6.64. The lowest BCUT2D eigenvalue weighted by Gasteiger charge is -2.20. The van der Waals surface area contributed by atoms with Gasteiger partial charge in [0.2, 0.25) is 5.91 Å². The molecule has 0 aliphatic heterocycles. The Kier molecular flexibility index (Phi) is 5.58. The zero-order valence-corrected chi connectivity index (χ0v) is 15.4. The largest absolute Gasteiger partial charge is 0.348 e. The van der Waals surface area contributed by atoms with Gasteiger partial charge in [-0.3, -0.25) is 9.36 Å². The molecule has 1 N–H and O–H groups in total. The van der Waals surface area contributed by atoms with Crippen molar-refractivity contribution in [1.82, 2.24) is 19.7 Å². The highest BCUT2D eigenvalue weighted by Crippen LogP contribution is 2.35. The van der Waals surface area contributed by atoms with Crippen LogP contribution in [0.1, 0.15) is 16.4 Å². The van der Waals surface area contributed by atoms with E-state index in [2.05, 4.69) is 10.2 Å². The number of thioether (sulfide) groups is 1. The molecule has 0 bridgehead atoms. The van der Waals surface area contributed by atoms with Gasteiger partial charge in [0.25, 0.3) is 0 Å². The maximum Gasteiger partial charge on any atom is 0.344 e. The van der Waals surface area contributed by atoms with Crippen molar-refractivity contribution in [3.05, 3.63) is 82.3 Å². The molecule has 1 atom stereocenters. The summed E-state index contributed by atoms with van der Waals surface area (Å²) in [5.74, 6) is -0.0529. The minimum atomic E-state index is -0.476. The molecule has 2 aromatic carbocycles. The van der Waals surface area contributed by atoms with Crippen LogP contribution in [0.4, 0.5) is 0 Å². The molecule has 0 spiro atoms. The Morgan fingerprint density at radius 3 is 2.35 bits per heavy atom. The smallest absolute Gasteiger partial charge is 0.344 e. The minimum absolute atomic E-state index is 0.0529. The van der Waals surface area contributed by atoms with Crippen molar-refractivity contribution >= 4 is 17.7 Å². The van der Waals surface area contributed by atoms with Crippen molar-refractivity contribution in [1.29, 1.82) is 0 Å². The lowest BCUT2D eigenvalue weighted by atomic mass is 10.1. The van der Waals surface area contributed by atoms with Gasteiger partial charge >= 0.3 is 5.69 Å². The van der Waals surface area contributed by atoms with E-state index in [1.54, 1.807) is 23.6 Å². The molecule has 3 rings (SSSR count). The summed E-state index contributed by atoms with van der Waals surface area (Å²) in [6.07, 6.45) is 0. The highest BCUT2D eigenvalue weighted by Gasteiger charge is 2.26. The topological polar surface area (TPSA) is 71.0 Å². The van der Waals surface area contributed by atoms with Gasteiger partial charge in [0.05, 0.1) is 6.54 Å². The van der Waals surface area contributed by atoms with Gasteiger partial charge in [0.1, 0.15) is 5.25 Å². The van der Waals surface area contributed by atoms with E-state index in [1.807, 2.05) is 60.7 Å². The second kappa shape index (κ2) is 8.05. The van der Waals surface area contributed by atoms with Crippen molar-refractivity contribution in [2.75, 3.05) is 14.1 Å². The van der Waals surface area contributed by atoms with Gasteiger partial charge in [-0.2, -0.15) is 0 Å². The molecule has 0 saturated carbocycles. The fourth-order valence-electron chi connectivity index (χ4n) is 2.53. The van der Waals surface area contributed by atoms with Gasteiger partial charge in [0, 0.05) is 14.1 Å². The summed E-state index contributed by atoms with van der Waals surface area (Å²) < 4.78 is 1.55. The summed E-state index contributed by atoms with van der Waals surface area (Å²) in [5.41, 5.74) is 1.58. The summed E-state index contributed by atoms with van der Waals surface area (Å²) >= 11 is 1.27. The molecule has 7 heteroatoms. The number of hydrogen-bond donors (Lipinski definition) is 1. The molecule has 134 valence electrons. The first-order chi connectivity index (χ1) is 12.6. The van der Waals surface area contributed by atoms with Crippen LogP contribution in [0.3, 0.4) is 0 Å². The van der Waals surface area contributed by atoms with Crippen molar-refractivity contribution in [2.24, 2.45) is 0 Å². The Labute approximate surface area is 155 Å². The maximum atomic E-state index is 12.7. The molecule has 1 heterocycles. The van der Waals surface area contributed by atoms with Gasteiger partial charge in [-0.25, -0.2) is 9.89 Å². The molecular weight excluding hydrogens is 348 g/mol. The average molecular weight is 368 g/mol. The van der Waals surface area contributed by atoms with E-state index in [9.17, 15) is 9.59 Å². The van der Waals surface area contributed by atoms with Crippen LogP contribution in [0.25, 0.3) is 0 Å². The monoisotopic (exact) mass is 368 g/mol. The Balaban J connectivity index is 1.93. The average Bonchev–Trinajstić information content (AvgIpc) is 3.00. The normalized spacial score (nSPS) is 11.9. The van der Waals surface area contributed by atoms with E-state index in [1.165, 1.54) is 11.8 Å². The van der Waals surface area contributed by atoms with Crippen LogP contribution in [-0.4, -0.2) is 39.7 Å². The number of aromatic nitrogens is 3. The van der Waals surface area contributed by atoms with Gasteiger partial charge in [-0.15, -0.1) is 5.10 Å². The Bertz CT molecular complexity index is 919. The van der Waals surface area contributed by atoms with Crippen LogP contribution in [0.2, 0.25) is 0 Å². The zero-order chi connectivity index (χ0) is 18.5. The number of benzene rings is 2. The molecule has 0 radical (unpaired) electrons. The molecule has 0 aliphatic carbocycles. The number of aromatic amines is 1. The summed E-state index contributed by atoms with van der Waals surface area (Å²) in [6, 6.07) is 19.2. The number of amides is 1. The number of likely N-dealkylation sites (N-methyl/N-ethyl adjacent to an activating group) is 1. The van der Waals surface area contributed by atoms with Crippen molar-refractivity contribution in [2.45, 2.75) is 17.0 Å². The predicted octanol–water partition coefficient (Wildman–Crippen LogP) is 2.54. The quantitative estimate of drug-likeness (QED) is 0.679. The van der Waals surface area contributed by atoms with E-state index in [-0.39, 0.29) is 11.6 Å². The summed E-state index contributed by atoms with van der Waals surface area (Å²) in [4.78, 5) is 26.5. The second-order valence-electron chi connectivity index (χ2n) is 6.02. The van der Waals surface area contributed by atoms with Crippen LogP contribution < -0.4 is 5.69 Å². The first kappa shape index (κ1) is 18.0. The summed E-state index contributed by atoms with van der Waals surface area (Å²) in [6.45, 7) is 0.399. The van der Waals surface area contributed by atoms with Crippen molar-refractivity contribution < 1.29 is 4.79 Å². The van der Waals surface area contributed by atoms with E-state index < -0.39 is 5.25 Å². The van der Waals surface area contributed by atoms with Gasteiger partial charge in [-0.1, -0.05) is 72.4 Å². The Hall–Kier alpha value is -2.80. The number of hydrogen-bond acceptors (Lipinski definition) is 4. The first-order valence-corrected chi connectivity index (χ1v) is 9.06. The minimum Gasteiger partial charge on any atom is -0.348 e. The molecule has 0 aliphatic rings. The predicted molar refractivity (Wildman–Crippen MR) is 102 cm³/mol. The highest BCUT2D eigenvalue weighted by molar-refractivity contribution is 8.00. The summed E-state index contributed by atoms with van der Waals surface area (Å²) in [7, 11) is 3.45. The van der Waals surface area contributed by atoms with E-state index in [0.717, 1.165) is 11.1 Å². The molecule has 1 amide bonds. The first-order valence-electron chi connectivity index (χ1n) is 8.18. The van der Waals surface area contributed by atoms with E-state index >= 15 is 0 Å². The van der Waals surface area contributed by atoms with E-state index in [0.29, 0.717) is 11.7 Å². The Morgan fingerprint density at radius 2 is 1.73 bits per heavy atom. The second-order valence-corrected chi connectivity index (χ2v) is 7.10. The van der Waals surface area contributed by atoms with Gasteiger partial charge in [-0.05, 0) is 11.1 Å². The maximum absolute atomic E-state index is 12.7. The molecular formula is C19H20N4O2S. The number of rotatable bonds is 6. The molecule has 0 saturated heterocycles. The lowest BCUT2D eigenvalue weighted by Crippen LogP contribution is -2.27.